The van der Waals surface area contributed by atoms with Crippen molar-refractivity contribution >= 4 is 17.7 Å². The number of allylic oxidation sites excluding steroid dienone is 4. The van der Waals surface area contributed by atoms with E-state index in [1.807, 2.05) is 26.8 Å². The second-order valence-electron chi connectivity index (χ2n) is 5.61. The first kappa shape index (κ1) is 22.1. The van der Waals surface area contributed by atoms with Gasteiger partial charge in [0.05, 0.1) is 12.5 Å². The SMILES string of the molecule is CC=CC=CC(=O)C(C)C(CCOC(=O)CCC)OC(=O)CCC. The van der Waals surface area contributed by atoms with Crippen LogP contribution in [0.3, 0.4) is 0 Å². The molecule has 0 amide bonds. The molecule has 0 aliphatic carbocycles. The largest absolute Gasteiger partial charge is 0.466 e. The van der Waals surface area contributed by atoms with Gasteiger partial charge >= 0.3 is 11.9 Å². The summed E-state index contributed by atoms with van der Waals surface area (Å²) in [6.45, 7) is 7.50. The molecule has 24 heavy (non-hydrogen) atoms. The normalized spacial score (nSPS) is 13.8. The second kappa shape index (κ2) is 13.5. The van der Waals surface area contributed by atoms with Crippen LogP contribution in [0.1, 0.15) is 59.8 Å². The summed E-state index contributed by atoms with van der Waals surface area (Å²) in [6, 6.07) is 0. The van der Waals surface area contributed by atoms with Gasteiger partial charge in [-0.3, -0.25) is 14.4 Å². The van der Waals surface area contributed by atoms with Crippen LogP contribution in [0.2, 0.25) is 0 Å². The molecule has 0 spiro atoms. The molecule has 0 aliphatic heterocycles. The lowest BCUT2D eigenvalue weighted by atomic mass is 9.96. The summed E-state index contributed by atoms with van der Waals surface area (Å²) in [4.78, 5) is 35.4. The fourth-order valence-electron chi connectivity index (χ4n) is 2.00. The van der Waals surface area contributed by atoms with Crippen LogP contribution in [0.5, 0.6) is 0 Å². The maximum absolute atomic E-state index is 12.2. The van der Waals surface area contributed by atoms with Crippen LogP contribution in [-0.4, -0.2) is 30.4 Å². The Morgan fingerprint density at radius 3 is 2.21 bits per heavy atom. The van der Waals surface area contributed by atoms with E-state index in [0.717, 1.165) is 6.42 Å². The molecule has 0 saturated carbocycles. The number of carbonyl (C=O) groups excluding carboxylic acids is 3. The lowest BCUT2D eigenvalue weighted by molar-refractivity contribution is -0.154. The third-order valence-electron chi connectivity index (χ3n) is 3.43. The van der Waals surface area contributed by atoms with Crippen molar-refractivity contribution in [1.29, 1.82) is 0 Å². The minimum absolute atomic E-state index is 0.123. The zero-order chi connectivity index (χ0) is 18.4. The molecule has 2 atom stereocenters. The van der Waals surface area contributed by atoms with E-state index in [2.05, 4.69) is 0 Å². The summed E-state index contributed by atoms with van der Waals surface area (Å²) in [6.07, 6.45) is 8.49. The third kappa shape index (κ3) is 9.98. The molecule has 0 aromatic heterocycles. The Morgan fingerprint density at radius 2 is 1.62 bits per heavy atom. The van der Waals surface area contributed by atoms with E-state index in [1.54, 1.807) is 19.1 Å². The number of esters is 2. The van der Waals surface area contributed by atoms with Gasteiger partial charge in [0.1, 0.15) is 6.10 Å². The van der Waals surface area contributed by atoms with Gasteiger partial charge in [0.15, 0.2) is 5.78 Å². The van der Waals surface area contributed by atoms with Crippen LogP contribution in [0.4, 0.5) is 0 Å². The Labute approximate surface area is 145 Å². The van der Waals surface area contributed by atoms with Gasteiger partial charge < -0.3 is 9.47 Å². The number of ether oxygens (including phenoxy) is 2. The smallest absolute Gasteiger partial charge is 0.306 e. The van der Waals surface area contributed by atoms with Gasteiger partial charge in [-0.15, -0.1) is 0 Å². The highest BCUT2D eigenvalue weighted by molar-refractivity contribution is 5.92. The quantitative estimate of drug-likeness (QED) is 0.308. The molecule has 0 N–H and O–H groups in total. The summed E-state index contributed by atoms with van der Waals surface area (Å²) >= 11 is 0. The zero-order valence-electron chi connectivity index (χ0n) is 15.2. The van der Waals surface area contributed by atoms with Gasteiger partial charge in [0.2, 0.25) is 0 Å². The van der Waals surface area contributed by atoms with E-state index in [4.69, 9.17) is 9.47 Å². The average Bonchev–Trinajstić information content (AvgIpc) is 2.53. The van der Waals surface area contributed by atoms with E-state index in [1.165, 1.54) is 6.08 Å². The van der Waals surface area contributed by atoms with Gasteiger partial charge in [0.25, 0.3) is 0 Å². The summed E-state index contributed by atoms with van der Waals surface area (Å²) in [5.74, 6) is -1.22. The third-order valence-corrected chi connectivity index (χ3v) is 3.43. The van der Waals surface area contributed by atoms with Crippen molar-refractivity contribution < 1.29 is 23.9 Å². The zero-order valence-corrected chi connectivity index (χ0v) is 15.2. The van der Waals surface area contributed by atoms with E-state index in [0.29, 0.717) is 25.7 Å². The van der Waals surface area contributed by atoms with Crippen molar-refractivity contribution in [3.8, 4) is 0 Å². The number of carbonyl (C=O) groups is 3. The summed E-state index contributed by atoms with van der Waals surface area (Å²) in [5, 5.41) is 0. The minimum Gasteiger partial charge on any atom is -0.466 e. The summed E-state index contributed by atoms with van der Waals surface area (Å²) in [5.41, 5.74) is 0. The summed E-state index contributed by atoms with van der Waals surface area (Å²) in [7, 11) is 0. The fraction of sp³-hybridized carbons (Fsp3) is 0.632. The average molecular weight is 338 g/mol. The maximum Gasteiger partial charge on any atom is 0.306 e. The van der Waals surface area contributed by atoms with Gasteiger partial charge in [-0.05, 0) is 25.8 Å². The van der Waals surface area contributed by atoms with Gasteiger partial charge in [-0.2, -0.15) is 0 Å². The standard InChI is InChI=1S/C19H30O5/c1-5-8-9-12-16(20)15(4)17(24-19(22)11-7-3)13-14-23-18(21)10-6-2/h5,8-9,12,15,17H,6-7,10-11,13-14H2,1-4H3. The lowest BCUT2D eigenvalue weighted by Gasteiger charge is -2.22. The highest BCUT2D eigenvalue weighted by Gasteiger charge is 2.26. The molecule has 0 heterocycles. The highest BCUT2D eigenvalue weighted by Crippen LogP contribution is 2.16. The fourth-order valence-corrected chi connectivity index (χ4v) is 2.00. The Morgan fingerprint density at radius 1 is 1.00 bits per heavy atom. The predicted octanol–water partition coefficient (Wildman–Crippen LogP) is 3.77. The second-order valence-corrected chi connectivity index (χ2v) is 5.61. The number of ketones is 1. The van der Waals surface area contributed by atoms with E-state index < -0.39 is 12.0 Å². The molecular weight excluding hydrogens is 308 g/mol. The minimum atomic E-state index is -0.596. The molecule has 0 radical (unpaired) electrons. The number of hydrogen-bond donors (Lipinski definition) is 0. The molecule has 0 aromatic rings. The highest BCUT2D eigenvalue weighted by atomic mass is 16.6. The van der Waals surface area contributed by atoms with Crippen LogP contribution in [0.15, 0.2) is 24.3 Å². The number of rotatable bonds is 12. The van der Waals surface area contributed by atoms with Crippen molar-refractivity contribution in [2.75, 3.05) is 6.61 Å². The molecule has 0 aliphatic rings. The predicted molar refractivity (Wildman–Crippen MR) is 93.4 cm³/mol. The first-order chi connectivity index (χ1) is 11.5. The molecule has 2 unspecified atom stereocenters. The molecular formula is C19H30O5. The van der Waals surface area contributed by atoms with Crippen molar-refractivity contribution in [3.63, 3.8) is 0 Å². The molecule has 0 bridgehead atoms. The Balaban J connectivity index is 4.74. The van der Waals surface area contributed by atoms with Crippen LogP contribution in [0.25, 0.3) is 0 Å². The van der Waals surface area contributed by atoms with Crippen molar-refractivity contribution in [3.05, 3.63) is 24.3 Å². The Kier molecular flexibility index (Phi) is 12.4. The van der Waals surface area contributed by atoms with Crippen LogP contribution in [-0.2, 0) is 23.9 Å². The Hall–Kier alpha value is -1.91. The first-order valence-corrected chi connectivity index (χ1v) is 8.64. The van der Waals surface area contributed by atoms with Crippen molar-refractivity contribution in [1.82, 2.24) is 0 Å². The van der Waals surface area contributed by atoms with Crippen LogP contribution < -0.4 is 0 Å². The molecule has 0 saturated heterocycles. The van der Waals surface area contributed by atoms with E-state index >= 15 is 0 Å². The van der Waals surface area contributed by atoms with Crippen molar-refractivity contribution in [2.45, 2.75) is 65.9 Å². The molecule has 0 aromatic carbocycles. The molecule has 136 valence electrons. The number of hydrogen-bond acceptors (Lipinski definition) is 5. The monoisotopic (exact) mass is 338 g/mol. The maximum atomic E-state index is 12.2. The summed E-state index contributed by atoms with van der Waals surface area (Å²) < 4.78 is 10.5. The van der Waals surface area contributed by atoms with Crippen LogP contribution in [0, 0.1) is 5.92 Å². The van der Waals surface area contributed by atoms with Gasteiger partial charge in [-0.25, -0.2) is 0 Å². The van der Waals surface area contributed by atoms with Crippen molar-refractivity contribution in [2.24, 2.45) is 5.92 Å². The van der Waals surface area contributed by atoms with E-state index in [9.17, 15) is 14.4 Å². The topological polar surface area (TPSA) is 69.7 Å². The molecule has 5 nitrogen and oxygen atoms in total. The molecule has 0 fully saturated rings. The lowest BCUT2D eigenvalue weighted by Crippen LogP contribution is -2.31. The Bertz CT molecular complexity index is 451. The van der Waals surface area contributed by atoms with Crippen LogP contribution >= 0.6 is 0 Å². The first-order valence-electron chi connectivity index (χ1n) is 8.64. The van der Waals surface area contributed by atoms with Gasteiger partial charge in [0, 0.05) is 19.3 Å². The van der Waals surface area contributed by atoms with Gasteiger partial charge in [-0.1, -0.05) is 39.0 Å². The molecule has 0 rings (SSSR count). The van der Waals surface area contributed by atoms with E-state index in [-0.39, 0.29) is 24.3 Å². The molecule has 5 heteroatoms.